The molecule has 0 radical (unpaired) electrons. The fourth-order valence-corrected chi connectivity index (χ4v) is 7.45. The maximum atomic E-state index is 12.7. The Balaban J connectivity index is 1.41. The number of carboxylic acids is 1. The summed E-state index contributed by atoms with van der Waals surface area (Å²) in [6.45, 7) is 2.24. The number of carbonyl (C=O) groups is 3. The quantitative estimate of drug-likeness (QED) is 0.302. The van der Waals surface area contributed by atoms with Gasteiger partial charge in [0.15, 0.2) is 0 Å². The third-order valence-corrected chi connectivity index (χ3v) is 9.71. The molecule has 2 saturated heterocycles. The average molecular weight is 529 g/mol. The highest BCUT2D eigenvalue weighted by Gasteiger charge is 2.57. The van der Waals surface area contributed by atoms with Crippen LogP contribution in [0.4, 0.5) is 0 Å². The highest BCUT2D eigenvalue weighted by atomic mass is 35.5. The van der Waals surface area contributed by atoms with Gasteiger partial charge in [0.2, 0.25) is 11.8 Å². The lowest BCUT2D eigenvalue weighted by atomic mass is 9.89. The van der Waals surface area contributed by atoms with Crippen LogP contribution in [0.25, 0.3) is 0 Å². The summed E-state index contributed by atoms with van der Waals surface area (Å²) in [6, 6.07) is 3.07. The molecule has 2 aromatic rings. The molecule has 2 N–H and O–H groups in total. The molecule has 2 amide bonds. The van der Waals surface area contributed by atoms with Crippen LogP contribution in [0.15, 0.2) is 33.5 Å². The van der Waals surface area contributed by atoms with E-state index in [1.54, 1.807) is 6.92 Å². The Morgan fingerprint density at radius 2 is 2.21 bits per heavy atom. The number of thiophene rings is 1. The Morgan fingerprint density at radius 1 is 1.42 bits per heavy atom. The van der Waals surface area contributed by atoms with E-state index in [2.05, 4.69) is 10.3 Å². The number of hydrogen-bond donors (Lipinski definition) is 2. The van der Waals surface area contributed by atoms with Crippen LogP contribution >= 0.6 is 46.5 Å². The molecule has 9 nitrogen and oxygen atoms in total. The number of thioether (sulfide) groups is 2. The number of aromatic nitrogens is 2. The van der Waals surface area contributed by atoms with Crippen molar-refractivity contribution >= 4 is 64.2 Å². The molecule has 0 spiro atoms. The van der Waals surface area contributed by atoms with E-state index in [1.807, 2.05) is 17.5 Å². The number of halogens is 1. The first-order chi connectivity index (χ1) is 15.7. The summed E-state index contributed by atoms with van der Waals surface area (Å²) >= 11 is 10.1. The molecule has 3 atom stereocenters. The fourth-order valence-electron chi connectivity index (χ4n) is 3.69. The molecule has 0 saturated carbocycles. The van der Waals surface area contributed by atoms with Gasteiger partial charge in [-0.1, -0.05) is 17.7 Å². The van der Waals surface area contributed by atoms with Crippen LogP contribution in [-0.4, -0.2) is 66.8 Å². The van der Waals surface area contributed by atoms with Crippen molar-refractivity contribution in [2.75, 3.05) is 18.1 Å². The molecule has 2 aliphatic heterocycles. The average Bonchev–Trinajstić information content (AvgIpc) is 3.30. The summed E-state index contributed by atoms with van der Waals surface area (Å²) in [7, 11) is 0. The number of carboxylic acid groups (broad SMARTS) is 1. The molecular weight excluding hydrogens is 508 g/mol. The number of nitrogens with one attached hydrogen (secondary N) is 1. The van der Waals surface area contributed by atoms with Gasteiger partial charge < -0.3 is 15.3 Å². The number of fused-ring (bicyclic) bond motifs is 1. The third kappa shape index (κ3) is 4.79. The van der Waals surface area contributed by atoms with Crippen molar-refractivity contribution in [2.45, 2.75) is 36.3 Å². The zero-order valence-corrected chi connectivity index (χ0v) is 20.7. The summed E-state index contributed by atoms with van der Waals surface area (Å²) in [5, 5.41) is 14.9. The fraction of sp³-hybridized carbons (Fsp3) is 0.450. The van der Waals surface area contributed by atoms with E-state index in [4.69, 9.17) is 11.6 Å². The van der Waals surface area contributed by atoms with Crippen LogP contribution in [-0.2, 0) is 27.3 Å². The summed E-state index contributed by atoms with van der Waals surface area (Å²) in [4.78, 5) is 55.6. The van der Waals surface area contributed by atoms with Crippen molar-refractivity contribution in [2.24, 2.45) is 5.41 Å². The number of hydrogen-bond acceptors (Lipinski definition) is 8. The number of carbonyl (C=O) groups excluding carboxylic acids is 2. The molecule has 0 aromatic carbocycles. The Hall–Kier alpha value is -2.02. The molecule has 13 heteroatoms. The molecule has 0 aliphatic carbocycles. The van der Waals surface area contributed by atoms with Crippen molar-refractivity contribution in [1.82, 2.24) is 19.8 Å². The summed E-state index contributed by atoms with van der Waals surface area (Å²) in [5.41, 5.74) is -1.68. The predicted octanol–water partition coefficient (Wildman–Crippen LogP) is 1.78. The Labute approximate surface area is 206 Å². The molecule has 2 aromatic heterocycles. The number of amides is 2. The summed E-state index contributed by atoms with van der Waals surface area (Å²) < 4.78 is 1.37. The number of aryl methyl sites for hydroxylation is 1. The Morgan fingerprint density at radius 3 is 2.88 bits per heavy atom. The van der Waals surface area contributed by atoms with Crippen LogP contribution in [0.3, 0.4) is 0 Å². The molecule has 2 aliphatic rings. The highest BCUT2D eigenvalue weighted by molar-refractivity contribution is 8.00. The first-order valence-corrected chi connectivity index (χ1v) is 13.4. The van der Waals surface area contributed by atoms with Crippen LogP contribution in [0.1, 0.15) is 11.8 Å². The van der Waals surface area contributed by atoms with E-state index in [0.717, 1.165) is 16.6 Å². The van der Waals surface area contributed by atoms with E-state index in [9.17, 15) is 24.3 Å². The van der Waals surface area contributed by atoms with Gasteiger partial charge in [-0.2, -0.15) is 4.98 Å². The third-order valence-electron chi connectivity index (χ3n) is 5.57. The van der Waals surface area contributed by atoms with Gasteiger partial charge in [0.25, 0.3) is 0 Å². The summed E-state index contributed by atoms with van der Waals surface area (Å²) in [5.74, 6) is -1.20. The smallest absolute Gasteiger partial charge is 0.348 e. The molecule has 33 heavy (non-hydrogen) atoms. The highest BCUT2D eigenvalue weighted by Crippen LogP contribution is 2.44. The van der Waals surface area contributed by atoms with Gasteiger partial charge in [-0.25, -0.2) is 4.79 Å². The van der Waals surface area contributed by atoms with Crippen molar-refractivity contribution in [3.63, 3.8) is 0 Å². The molecule has 176 valence electrons. The van der Waals surface area contributed by atoms with E-state index in [1.165, 1.54) is 38.8 Å². The topological polar surface area (TPSA) is 122 Å². The molecular formula is C20H21ClN4O5S3. The number of β-lactam (4-membered cyclic amide) rings is 1. The standard InChI is InChI=1S/C20H21ClN4O5S3/c1-2-24-7-12(21)15(23-19(24)30)32-9-20(18(28)29)8-25-16(27)14(17(25)33-10-20)22-13(26)6-11-4-3-5-31-11/h3-5,7,14,17H,2,6,8-10H2,1H3,(H,22,26)(H,28,29)/t14-,17-,20?/m1/s1. The van der Waals surface area contributed by atoms with Gasteiger partial charge in [-0.3, -0.25) is 19.0 Å². The number of aliphatic carboxylic acids is 1. The van der Waals surface area contributed by atoms with Gasteiger partial charge in [0, 0.05) is 35.7 Å². The second-order valence-corrected chi connectivity index (χ2v) is 11.3. The van der Waals surface area contributed by atoms with Gasteiger partial charge in [0.1, 0.15) is 21.9 Å². The van der Waals surface area contributed by atoms with Crippen molar-refractivity contribution in [3.8, 4) is 0 Å². The zero-order valence-electron chi connectivity index (χ0n) is 17.5. The van der Waals surface area contributed by atoms with Crippen molar-refractivity contribution < 1.29 is 19.5 Å². The Bertz CT molecular complexity index is 1140. The lowest BCUT2D eigenvalue weighted by Gasteiger charge is -2.53. The lowest BCUT2D eigenvalue weighted by Crippen LogP contribution is -2.74. The minimum atomic E-state index is -1.22. The second-order valence-electron chi connectivity index (χ2n) is 7.81. The van der Waals surface area contributed by atoms with E-state index in [0.29, 0.717) is 6.54 Å². The van der Waals surface area contributed by atoms with Gasteiger partial charge in [-0.15, -0.1) is 34.9 Å². The zero-order chi connectivity index (χ0) is 23.8. The summed E-state index contributed by atoms with van der Waals surface area (Å²) in [6.07, 6.45) is 1.69. The molecule has 1 unspecified atom stereocenters. The minimum Gasteiger partial charge on any atom is -0.481 e. The predicted molar refractivity (Wildman–Crippen MR) is 128 cm³/mol. The van der Waals surface area contributed by atoms with Crippen LogP contribution in [0, 0.1) is 5.41 Å². The first kappa shape index (κ1) is 24.1. The van der Waals surface area contributed by atoms with E-state index in [-0.39, 0.29) is 51.7 Å². The molecule has 0 bridgehead atoms. The van der Waals surface area contributed by atoms with Gasteiger partial charge in [0.05, 0.1) is 11.4 Å². The SMILES string of the molecule is CCn1cc(Cl)c(SCC2(C(=O)O)CS[C@@H]3[C@H](NC(=O)Cc4cccs4)C(=O)N3C2)nc1=O. The largest absolute Gasteiger partial charge is 0.481 e. The molecule has 2 fully saturated rings. The van der Waals surface area contributed by atoms with Crippen molar-refractivity contribution in [3.05, 3.63) is 44.1 Å². The normalized spacial score (nSPS) is 24.2. The Kier molecular flexibility index (Phi) is 7.08. The van der Waals surface area contributed by atoms with Gasteiger partial charge in [-0.05, 0) is 18.4 Å². The number of rotatable bonds is 8. The monoisotopic (exact) mass is 528 g/mol. The maximum Gasteiger partial charge on any atom is 0.348 e. The molecule has 4 rings (SSSR count). The lowest BCUT2D eigenvalue weighted by molar-refractivity contribution is -0.157. The minimum absolute atomic E-state index is 0.0206. The number of nitrogens with zero attached hydrogens (tertiary/aromatic N) is 3. The maximum absolute atomic E-state index is 12.7. The van der Waals surface area contributed by atoms with Crippen LogP contribution in [0.5, 0.6) is 0 Å². The first-order valence-electron chi connectivity index (χ1n) is 10.1. The van der Waals surface area contributed by atoms with Crippen LogP contribution in [0.2, 0.25) is 5.02 Å². The van der Waals surface area contributed by atoms with E-state index < -0.39 is 23.1 Å². The molecule has 4 heterocycles. The van der Waals surface area contributed by atoms with E-state index >= 15 is 0 Å². The van der Waals surface area contributed by atoms with Crippen LogP contribution < -0.4 is 11.0 Å². The van der Waals surface area contributed by atoms with Crippen molar-refractivity contribution in [1.29, 1.82) is 0 Å². The van der Waals surface area contributed by atoms with Gasteiger partial charge >= 0.3 is 11.7 Å². The second kappa shape index (κ2) is 9.69.